The van der Waals surface area contributed by atoms with Crippen LogP contribution in [0.2, 0.25) is 0 Å². The molecule has 6 nitrogen and oxygen atoms in total. The first-order valence-corrected chi connectivity index (χ1v) is 9.94. The molecule has 142 valence electrons. The molecule has 1 aromatic heterocycles. The van der Waals surface area contributed by atoms with E-state index in [-0.39, 0.29) is 29.6 Å². The van der Waals surface area contributed by atoms with Gasteiger partial charge in [-0.15, -0.1) is 0 Å². The molecular weight excluding hydrogens is 330 g/mol. The molecule has 4 N–H and O–H groups in total. The minimum absolute atomic E-state index is 0.0250. The van der Waals surface area contributed by atoms with E-state index >= 15 is 0 Å². The Morgan fingerprint density at radius 2 is 1.77 bits per heavy atom. The Kier molecular flexibility index (Phi) is 4.55. The predicted octanol–water partition coefficient (Wildman–Crippen LogP) is 2.09. The summed E-state index contributed by atoms with van der Waals surface area (Å²) in [5.74, 6) is 2.85. The number of rotatable bonds is 5. The van der Waals surface area contributed by atoms with Gasteiger partial charge in [-0.3, -0.25) is 10.1 Å². The van der Waals surface area contributed by atoms with E-state index in [0.717, 1.165) is 42.8 Å². The van der Waals surface area contributed by atoms with Crippen LogP contribution in [0.1, 0.15) is 64.2 Å². The van der Waals surface area contributed by atoms with Gasteiger partial charge in [0.25, 0.3) is 5.91 Å². The smallest absolute Gasteiger partial charge is 0.322 e. The molecule has 0 aliphatic heterocycles. The average Bonchev–Trinajstić information content (AvgIpc) is 3.07. The lowest BCUT2D eigenvalue weighted by Crippen LogP contribution is -2.92. The third-order valence-corrected chi connectivity index (χ3v) is 6.64. The maximum Gasteiger partial charge on any atom is 0.322 e. The summed E-state index contributed by atoms with van der Waals surface area (Å²) < 4.78 is 5.37. The summed E-state index contributed by atoms with van der Waals surface area (Å²) in [7, 11) is 0. The van der Waals surface area contributed by atoms with Gasteiger partial charge in [0.15, 0.2) is 11.8 Å². The van der Waals surface area contributed by atoms with E-state index in [4.69, 9.17) is 4.42 Å². The number of hydrogen-bond donors (Lipinski definition) is 3. The van der Waals surface area contributed by atoms with Crippen LogP contribution in [-0.4, -0.2) is 23.5 Å². The minimum atomic E-state index is -0.364. The molecule has 3 amide bonds. The van der Waals surface area contributed by atoms with Crippen molar-refractivity contribution in [3.05, 3.63) is 24.2 Å². The van der Waals surface area contributed by atoms with Crippen molar-refractivity contribution in [2.75, 3.05) is 0 Å². The van der Waals surface area contributed by atoms with Gasteiger partial charge < -0.3 is 15.1 Å². The third-order valence-electron chi connectivity index (χ3n) is 6.64. The van der Waals surface area contributed by atoms with Crippen LogP contribution in [0.4, 0.5) is 4.79 Å². The number of carbonyl (C=O) groups excluding carboxylic acids is 2. The van der Waals surface area contributed by atoms with Crippen molar-refractivity contribution in [3.8, 4) is 0 Å². The first-order valence-electron chi connectivity index (χ1n) is 9.94. The van der Waals surface area contributed by atoms with Gasteiger partial charge in [0, 0.05) is 5.54 Å². The van der Waals surface area contributed by atoms with Gasteiger partial charge >= 0.3 is 6.03 Å². The summed E-state index contributed by atoms with van der Waals surface area (Å²) >= 11 is 0. The Morgan fingerprint density at radius 1 is 1.15 bits per heavy atom. The topological polar surface area (TPSA) is 88.0 Å². The van der Waals surface area contributed by atoms with Crippen molar-refractivity contribution in [3.63, 3.8) is 0 Å². The van der Waals surface area contributed by atoms with Crippen LogP contribution in [-0.2, 0) is 4.79 Å². The zero-order chi connectivity index (χ0) is 18.3. The van der Waals surface area contributed by atoms with E-state index in [0.29, 0.717) is 0 Å². The van der Waals surface area contributed by atoms with Gasteiger partial charge in [0.05, 0.1) is 6.26 Å². The van der Waals surface area contributed by atoms with E-state index in [1.165, 1.54) is 19.3 Å². The second kappa shape index (κ2) is 6.72. The van der Waals surface area contributed by atoms with Crippen molar-refractivity contribution in [2.45, 2.75) is 70.0 Å². The molecule has 1 heterocycles. The Bertz CT molecular complexity index is 635. The molecule has 4 saturated carbocycles. The molecule has 4 fully saturated rings. The van der Waals surface area contributed by atoms with Crippen molar-refractivity contribution >= 4 is 11.9 Å². The van der Waals surface area contributed by atoms with Gasteiger partial charge in [0.2, 0.25) is 0 Å². The van der Waals surface area contributed by atoms with Crippen LogP contribution in [0.3, 0.4) is 0 Å². The summed E-state index contributed by atoms with van der Waals surface area (Å²) in [5, 5.41) is 7.65. The van der Waals surface area contributed by atoms with Crippen molar-refractivity contribution < 1.29 is 19.3 Å². The Balaban J connectivity index is 1.30. The standard InChI is InChI=1S/C20H29N3O3/c1-12(17-4-3-5-26-17)21-13(2)18(24)22-19(25)23-20-9-14-6-15(10-20)8-16(7-14)11-20/h3-5,12-16,21H,6-11H2,1-2H3,(H2,22,23,24,25)/p+1/t12-,13+,14?,15?,16?,20?/m1/s1. The molecule has 0 saturated heterocycles. The highest BCUT2D eigenvalue weighted by Gasteiger charge is 2.51. The molecule has 26 heavy (non-hydrogen) atoms. The highest BCUT2D eigenvalue weighted by atomic mass is 16.3. The predicted molar refractivity (Wildman–Crippen MR) is 96.1 cm³/mol. The molecule has 4 bridgehead atoms. The molecule has 0 unspecified atom stereocenters. The molecule has 2 atom stereocenters. The molecule has 1 aromatic rings. The van der Waals surface area contributed by atoms with Gasteiger partial charge in [0.1, 0.15) is 6.04 Å². The zero-order valence-electron chi connectivity index (χ0n) is 15.7. The summed E-state index contributed by atoms with van der Waals surface area (Å²) in [5.41, 5.74) is -0.0759. The van der Waals surface area contributed by atoms with E-state index < -0.39 is 0 Å². The molecule has 5 rings (SSSR count). The number of nitrogens with two attached hydrogens (primary N) is 1. The number of urea groups is 1. The van der Waals surface area contributed by atoms with Gasteiger partial charge in [-0.1, -0.05) is 0 Å². The second-order valence-electron chi connectivity index (χ2n) is 8.93. The summed E-state index contributed by atoms with van der Waals surface area (Å²) in [6.45, 7) is 3.80. The number of furan rings is 1. The van der Waals surface area contributed by atoms with E-state index in [9.17, 15) is 9.59 Å². The quantitative estimate of drug-likeness (QED) is 0.751. The second-order valence-corrected chi connectivity index (χ2v) is 8.93. The van der Waals surface area contributed by atoms with Crippen LogP contribution >= 0.6 is 0 Å². The fraction of sp³-hybridized carbons (Fsp3) is 0.700. The number of amides is 3. The summed E-state index contributed by atoms with van der Waals surface area (Å²) in [4.78, 5) is 24.9. The zero-order valence-corrected chi connectivity index (χ0v) is 15.7. The Morgan fingerprint density at radius 3 is 2.31 bits per heavy atom. The number of hydrogen-bond acceptors (Lipinski definition) is 3. The Hall–Kier alpha value is -1.82. The minimum Gasteiger partial charge on any atom is -0.463 e. The highest BCUT2D eigenvalue weighted by Crippen LogP contribution is 2.55. The molecule has 0 radical (unpaired) electrons. The van der Waals surface area contributed by atoms with Crippen molar-refractivity contribution in [2.24, 2.45) is 17.8 Å². The average molecular weight is 360 g/mol. The molecule has 4 aliphatic carbocycles. The van der Waals surface area contributed by atoms with E-state index in [1.807, 2.05) is 31.3 Å². The first-order chi connectivity index (χ1) is 12.4. The number of nitrogens with one attached hydrogen (secondary N) is 2. The number of carbonyl (C=O) groups is 2. The lowest BCUT2D eigenvalue weighted by atomic mass is 9.53. The highest BCUT2D eigenvalue weighted by molar-refractivity contribution is 5.96. The lowest BCUT2D eigenvalue weighted by molar-refractivity contribution is -0.711. The number of quaternary nitrogens is 1. The molecule has 4 aliphatic rings. The monoisotopic (exact) mass is 360 g/mol. The fourth-order valence-corrected chi connectivity index (χ4v) is 5.93. The van der Waals surface area contributed by atoms with Crippen LogP contribution in [0.25, 0.3) is 0 Å². The molecule has 0 aromatic carbocycles. The normalized spacial score (nSPS) is 34.3. The fourth-order valence-electron chi connectivity index (χ4n) is 5.93. The van der Waals surface area contributed by atoms with Crippen molar-refractivity contribution in [1.82, 2.24) is 10.6 Å². The van der Waals surface area contributed by atoms with Crippen LogP contribution in [0.15, 0.2) is 22.8 Å². The van der Waals surface area contributed by atoms with Crippen LogP contribution < -0.4 is 16.0 Å². The van der Waals surface area contributed by atoms with Crippen molar-refractivity contribution in [1.29, 1.82) is 0 Å². The third kappa shape index (κ3) is 3.52. The van der Waals surface area contributed by atoms with E-state index in [1.54, 1.807) is 6.26 Å². The largest absolute Gasteiger partial charge is 0.463 e. The maximum atomic E-state index is 12.5. The number of imide groups is 1. The maximum absolute atomic E-state index is 12.5. The first kappa shape index (κ1) is 17.6. The van der Waals surface area contributed by atoms with Gasteiger partial charge in [-0.05, 0) is 82.3 Å². The van der Waals surface area contributed by atoms with Gasteiger partial charge in [-0.25, -0.2) is 4.79 Å². The van der Waals surface area contributed by atoms with Crippen LogP contribution in [0, 0.1) is 17.8 Å². The SMILES string of the molecule is C[C@H]([NH2+][C@H](C)c1ccco1)C(=O)NC(=O)NC12CC3CC(CC(C3)C1)C2. The molecule has 0 spiro atoms. The van der Waals surface area contributed by atoms with Gasteiger partial charge in [-0.2, -0.15) is 0 Å². The van der Waals surface area contributed by atoms with E-state index in [2.05, 4.69) is 10.6 Å². The summed E-state index contributed by atoms with van der Waals surface area (Å²) in [6.07, 6.45) is 8.87. The summed E-state index contributed by atoms with van der Waals surface area (Å²) in [6, 6.07) is 3.06. The molecule has 6 heteroatoms. The Labute approximate surface area is 154 Å². The lowest BCUT2D eigenvalue weighted by Gasteiger charge is -2.56. The van der Waals surface area contributed by atoms with Crippen LogP contribution in [0.5, 0.6) is 0 Å². The molecular formula is C20H30N3O3+.